The fourth-order valence-corrected chi connectivity index (χ4v) is 3.29. The highest BCUT2D eigenvalue weighted by molar-refractivity contribution is 7.13. The van der Waals surface area contributed by atoms with Gasteiger partial charge in [0.25, 0.3) is 0 Å². The van der Waals surface area contributed by atoms with Gasteiger partial charge in [-0.3, -0.25) is 4.79 Å². The molecule has 0 aliphatic carbocycles. The first-order valence-corrected chi connectivity index (χ1v) is 7.98. The Morgan fingerprint density at radius 2 is 1.91 bits per heavy atom. The highest BCUT2D eigenvalue weighted by Gasteiger charge is 2.17. The first kappa shape index (κ1) is 15.2. The van der Waals surface area contributed by atoms with E-state index in [1.54, 1.807) is 6.92 Å². The molecule has 0 bridgehead atoms. The van der Waals surface area contributed by atoms with Crippen molar-refractivity contribution in [1.29, 1.82) is 0 Å². The second kappa shape index (κ2) is 6.22. The van der Waals surface area contributed by atoms with Crippen molar-refractivity contribution in [2.75, 3.05) is 0 Å². The first-order valence-electron chi connectivity index (χ1n) is 7.10. The average Bonchev–Trinajstić information content (AvgIpc) is 2.95. The molecule has 0 atom stereocenters. The minimum absolute atomic E-state index is 0.0587. The van der Waals surface area contributed by atoms with Gasteiger partial charge in [0, 0.05) is 17.0 Å². The van der Waals surface area contributed by atoms with Crippen LogP contribution in [0.15, 0.2) is 47.8 Å². The number of rotatable bonds is 4. The number of nitrogens with zero attached hydrogens (tertiary/aromatic N) is 1. The zero-order valence-corrected chi connectivity index (χ0v) is 13.3. The molecule has 2 aromatic carbocycles. The molecule has 3 aromatic rings. The summed E-state index contributed by atoms with van der Waals surface area (Å²) in [6.45, 7) is 1.68. The monoisotopic (exact) mass is 325 g/mol. The van der Waals surface area contributed by atoms with Crippen LogP contribution < -0.4 is 0 Å². The third-order valence-corrected chi connectivity index (χ3v) is 4.43. The lowest BCUT2D eigenvalue weighted by Crippen LogP contribution is -2.06. The lowest BCUT2D eigenvalue weighted by Gasteiger charge is -2.07. The smallest absolute Gasteiger partial charge is 0.172 e. The SMILES string of the molecule is Cc1cc(O)cc(O)c1C(=O)Cc1csc(-c2ccccc2)n1. The Kier molecular flexibility index (Phi) is 4.12. The van der Waals surface area contributed by atoms with Crippen LogP contribution in [0.25, 0.3) is 10.6 Å². The van der Waals surface area contributed by atoms with Crippen LogP contribution in [-0.4, -0.2) is 21.0 Å². The van der Waals surface area contributed by atoms with Gasteiger partial charge in [0.1, 0.15) is 16.5 Å². The van der Waals surface area contributed by atoms with E-state index in [9.17, 15) is 15.0 Å². The zero-order valence-electron chi connectivity index (χ0n) is 12.5. The Bertz CT molecular complexity index is 833. The van der Waals surface area contributed by atoms with Crippen molar-refractivity contribution in [1.82, 2.24) is 4.98 Å². The van der Waals surface area contributed by atoms with Gasteiger partial charge in [0.15, 0.2) is 5.78 Å². The van der Waals surface area contributed by atoms with Crippen LogP contribution in [0, 0.1) is 6.92 Å². The van der Waals surface area contributed by atoms with E-state index in [1.165, 1.54) is 23.5 Å². The second-order valence-corrected chi connectivity index (χ2v) is 6.12. The number of benzene rings is 2. The van der Waals surface area contributed by atoms with Crippen molar-refractivity contribution in [3.05, 3.63) is 64.7 Å². The number of aromatic hydroxyl groups is 2. The molecule has 23 heavy (non-hydrogen) atoms. The topological polar surface area (TPSA) is 70.4 Å². The van der Waals surface area contributed by atoms with E-state index in [2.05, 4.69) is 4.98 Å². The molecule has 0 radical (unpaired) electrons. The van der Waals surface area contributed by atoms with Crippen molar-refractivity contribution in [3.8, 4) is 22.1 Å². The van der Waals surface area contributed by atoms with Gasteiger partial charge in [-0.15, -0.1) is 11.3 Å². The summed E-state index contributed by atoms with van der Waals surface area (Å²) in [5, 5.41) is 22.1. The molecule has 0 saturated heterocycles. The van der Waals surface area contributed by atoms with Gasteiger partial charge in [0.05, 0.1) is 17.7 Å². The molecule has 0 fully saturated rings. The van der Waals surface area contributed by atoms with Crippen molar-refractivity contribution in [2.24, 2.45) is 0 Å². The average molecular weight is 325 g/mol. The maximum Gasteiger partial charge on any atom is 0.172 e. The van der Waals surface area contributed by atoms with Crippen molar-refractivity contribution < 1.29 is 15.0 Å². The van der Waals surface area contributed by atoms with Gasteiger partial charge in [-0.2, -0.15) is 0 Å². The zero-order chi connectivity index (χ0) is 16.4. The molecule has 0 aliphatic heterocycles. The molecule has 0 unspecified atom stereocenters. The summed E-state index contributed by atoms with van der Waals surface area (Å²) in [6, 6.07) is 12.4. The standard InChI is InChI=1S/C18H15NO3S/c1-11-7-14(20)9-16(22)17(11)15(21)8-13-10-23-18(19-13)12-5-3-2-4-6-12/h2-7,9-10,20,22H,8H2,1H3. The summed E-state index contributed by atoms with van der Waals surface area (Å²) < 4.78 is 0. The second-order valence-electron chi connectivity index (χ2n) is 5.27. The van der Waals surface area contributed by atoms with E-state index >= 15 is 0 Å². The van der Waals surface area contributed by atoms with Crippen LogP contribution in [-0.2, 0) is 6.42 Å². The van der Waals surface area contributed by atoms with E-state index < -0.39 is 0 Å². The maximum absolute atomic E-state index is 12.4. The summed E-state index contributed by atoms with van der Waals surface area (Å²) in [5.41, 5.74) is 2.47. The van der Waals surface area contributed by atoms with E-state index in [0.717, 1.165) is 10.6 Å². The fraction of sp³-hybridized carbons (Fsp3) is 0.111. The number of hydrogen-bond donors (Lipinski definition) is 2. The molecule has 0 amide bonds. The third-order valence-electron chi connectivity index (χ3n) is 3.49. The molecule has 1 aromatic heterocycles. The summed E-state index contributed by atoms with van der Waals surface area (Å²) in [6.07, 6.45) is 0.114. The third kappa shape index (κ3) is 3.24. The van der Waals surface area contributed by atoms with Gasteiger partial charge in [-0.1, -0.05) is 30.3 Å². The van der Waals surface area contributed by atoms with Crippen LogP contribution in [0.2, 0.25) is 0 Å². The number of phenols is 2. The molecule has 116 valence electrons. The van der Waals surface area contributed by atoms with Gasteiger partial charge in [-0.05, 0) is 18.6 Å². The van der Waals surface area contributed by atoms with Gasteiger partial charge < -0.3 is 10.2 Å². The van der Waals surface area contributed by atoms with Crippen LogP contribution in [0.1, 0.15) is 21.6 Å². The number of hydrogen-bond acceptors (Lipinski definition) is 5. The highest BCUT2D eigenvalue weighted by atomic mass is 32.1. The van der Waals surface area contributed by atoms with Gasteiger partial charge >= 0.3 is 0 Å². The number of ketones is 1. The molecule has 4 nitrogen and oxygen atoms in total. The minimum atomic E-state index is -0.218. The predicted molar refractivity (Wildman–Crippen MR) is 90.1 cm³/mol. The lowest BCUT2D eigenvalue weighted by molar-refractivity contribution is 0.0989. The Balaban J connectivity index is 1.83. The molecule has 3 rings (SSSR count). The molecule has 5 heteroatoms. The Morgan fingerprint density at radius 3 is 2.61 bits per heavy atom. The van der Waals surface area contributed by atoms with Crippen LogP contribution in [0.5, 0.6) is 11.5 Å². The first-order chi connectivity index (χ1) is 11.0. The Labute approximate surface area is 137 Å². The summed E-state index contributed by atoms with van der Waals surface area (Å²) >= 11 is 1.48. The van der Waals surface area contributed by atoms with E-state index in [1.807, 2.05) is 35.7 Å². The van der Waals surface area contributed by atoms with Crippen LogP contribution in [0.4, 0.5) is 0 Å². The fourth-order valence-electron chi connectivity index (χ4n) is 2.47. The van der Waals surface area contributed by atoms with Gasteiger partial charge in [-0.25, -0.2) is 4.98 Å². The van der Waals surface area contributed by atoms with E-state index in [-0.39, 0.29) is 29.3 Å². The lowest BCUT2D eigenvalue weighted by atomic mass is 10.0. The van der Waals surface area contributed by atoms with Crippen molar-refractivity contribution in [3.63, 3.8) is 0 Å². The normalized spacial score (nSPS) is 10.7. The molecule has 0 spiro atoms. The molecular weight excluding hydrogens is 310 g/mol. The molecule has 0 aliphatic rings. The Hall–Kier alpha value is -2.66. The molecular formula is C18H15NO3S. The van der Waals surface area contributed by atoms with E-state index in [4.69, 9.17) is 0 Å². The van der Waals surface area contributed by atoms with Crippen LogP contribution >= 0.6 is 11.3 Å². The number of phenolic OH excluding ortho intramolecular Hbond substituents is 2. The highest BCUT2D eigenvalue weighted by Crippen LogP contribution is 2.29. The number of Topliss-reactive ketones (excluding diaryl/α,β-unsaturated/α-hetero) is 1. The van der Waals surface area contributed by atoms with Crippen LogP contribution in [0.3, 0.4) is 0 Å². The number of carbonyl (C=O) groups is 1. The largest absolute Gasteiger partial charge is 0.508 e. The molecule has 2 N–H and O–H groups in total. The van der Waals surface area contributed by atoms with Crippen molar-refractivity contribution in [2.45, 2.75) is 13.3 Å². The number of carbonyl (C=O) groups excluding carboxylic acids is 1. The predicted octanol–water partition coefficient (Wildman–Crippen LogP) is 3.96. The quantitative estimate of drug-likeness (QED) is 0.712. The van der Waals surface area contributed by atoms with E-state index in [0.29, 0.717) is 11.3 Å². The van der Waals surface area contributed by atoms with Crippen molar-refractivity contribution >= 4 is 17.1 Å². The number of aromatic nitrogens is 1. The summed E-state index contributed by atoms with van der Waals surface area (Å²) in [4.78, 5) is 16.9. The minimum Gasteiger partial charge on any atom is -0.508 e. The molecule has 1 heterocycles. The summed E-state index contributed by atoms with van der Waals surface area (Å²) in [5.74, 6) is -0.479. The number of aryl methyl sites for hydroxylation is 1. The summed E-state index contributed by atoms with van der Waals surface area (Å²) in [7, 11) is 0. The molecule has 0 saturated carbocycles. The maximum atomic E-state index is 12.4. The Morgan fingerprint density at radius 1 is 1.17 bits per heavy atom. The van der Waals surface area contributed by atoms with Gasteiger partial charge in [0.2, 0.25) is 0 Å². The number of thiazole rings is 1.